The Morgan fingerprint density at radius 3 is 1.69 bits per heavy atom. The summed E-state index contributed by atoms with van der Waals surface area (Å²) in [4.78, 5) is 0. The van der Waals surface area contributed by atoms with E-state index in [0.29, 0.717) is 0 Å². The molecule has 0 atom stereocenters. The maximum absolute atomic E-state index is 10.4. The van der Waals surface area contributed by atoms with E-state index >= 15 is 0 Å². The second-order valence-corrected chi connectivity index (χ2v) is 8.47. The molecule has 4 nitrogen and oxygen atoms in total. The third-order valence-electron chi connectivity index (χ3n) is 4.39. The van der Waals surface area contributed by atoms with Crippen LogP contribution in [0.4, 0.5) is 0 Å². The summed E-state index contributed by atoms with van der Waals surface area (Å²) in [5.41, 5.74) is 0. The van der Waals surface area contributed by atoms with E-state index in [9.17, 15) is 13.0 Å². The van der Waals surface area contributed by atoms with Crippen LogP contribution in [-0.2, 0) is 10.1 Å². The number of hydrogen-bond donors (Lipinski definition) is 1. The first kappa shape index (κ1) is 28.8. The standard InChI is InChI=1S/C20H41NO3S.Na/c1-2-3-4-5-6-7-8-9-10-11-12-13-14-15-16-17-18-21-19-20-25(22,23)24;/h9-10,21H,2-8,11-20H2,1H3,(H,22,23,24);/q;+1/p-1. The van der Waals surface area contributed by atoms with Gasteiger partial charge in [0.25, 0.3) is 0 Å². The Labute approximate surface area is 185 Å². The van der Waals surface area contributed by atoms with Crippen LogP contribution in [0.3, 0.4) is 0 Å². The fraction of sp³-hybridized carbons (Fsp3) is 0.900. The van der Waals surface area contributed by atoms with Crippen molar-refractivity contribution in [3.8, 4) is 0 Å². The minimum atomic E-state index is -4.07. The van der Waals surface area contributed by atoms with Crippen LogP contribution in [0.5, 0.6) is 0 Å². The third kappa shape index (κ3) is 26.8. The summed E-state index contributed by atoms with van der Waals surface area (Å²) >= 11 is 0. The fourth-order valence-corrected chi connectivity index (χ4v) is 3.21. The molecule has 0 rings (SSSR count). The van der Waals surface area contributed by atoms with Crippen LogP contribution >= 0.6 is 0 Å². The summed E-state index contributed by atoms with van der Waals surface area (Å²) in [6.45, 7) is 3.34. The zero-order valence-electron chi connectivity index (χ0n) is 17.3. The van der Waals surface area contributed by atoms with Gasteiger partial charge in [-0.1, -0.05) is 76.9 Å². The summed E-state index contributed by atoms with van der Waals surface area (Å²) in [5, 5.41) is 3.00. The molecule has 0 fully saturated rings. The summed E-state index contributed by atoms with van der Waals surface area (Å²) in [7, 11) is -4.07. The van der Waals surface area contributed by atoms with Crippen molar-refractivity contribution in [3.63, 3.8) is 0 Å². The molecule has 0 amide bonds. The number of rotatable bonds is 19. The van der Waals surface area contributed by atoms with Gasteiger partial charge in [-0.25, -0.2) is 8.42 Å². The van der Waals surface area contributed by atoms with Gasteiger partial charge in [-0.2, -0.15) is 0 Å². The number of unbranched alkanes of at least 4 members (excludes halogenated alkanes) is 12. The van der Waals surface area contributed by atoms with Crippen LogP contribution in [0.25, 0.3) is 0 Å². The van der Waals surface area contributed by atoms with E-state index in [1.165, 1.54) is 83.5 Å². The molecule has 150 valence electrons. The van der Waals surface area contributed by atoms with E-state index in [4.69, 9.17) is 0 Å². The van der Waals surface area contributed by atoms with Gasteiger partial charge < -0.3 is 9.87 Å². The van der Waals surface area contributed by atoms with Gasteiger partial charge in [-0.3, -0.25) is 0 Å². The van der Waals surface area contributed by atoms with E-state index < -0.39 is 10.1 Å². The molecule has 0 saturated heterocycles. The zero-order valence-corrected chi connectivity index (χ0v) is 20.1. The third-order valence-corrected chi connectivity index (χ3v) is 5.10. The van der Waals surface area contributed by atoms with Gasteiger partial charge in [-0.05, 0) is 38.6 Å². The average Bonchev–Trinajstić information content (AvgIpc) is 2.56. The second-order valence-electron chi connectivity index (χ2n) is 6.95. The van der Waals surface area contributed by atoms with Crippen molar-refractivity contribution in [1.29, 1.82) is 0 Å². The summed E-state index contributed by atoms with van der Waals surface area (Å²) < 4.78 is 31.2. The van der Waals surface area contributed by atoms with Crippen LogP contribution in [0.2, 0.25) is 0 Å². The quantitative estimate of drug-likeness (QED) is 0.157. The Hall–Kier alpha value is 0.610. The van der Waals surface area contributed by atoms with Crippen LogP contribution < -0.4 is 34.9 Å². The molecule has 0 aliphatic heterocycles. The minimum absolute atomic E-state index is 0. The van der Waals surface area contributed by atoms with E-state index in [1.54, 1.807) is 0 Å². The van der Waals surface area contributed by atoms with Crippen LogP contribution in [-0.4, -0.2) is 31.8 Å². The molecule has 0 bridgehead atoms. The number of allylic oxidation sites excluding steroid dienone is 2. The Morgan fingerprint density at radius 2 is 1.19 bits per heavy atom. The summed E-state index contributed by atoms with van der Waals surface area (Å²) in [5.74, 6) is -0.306. The van der Waals surface area contributed by atoms with Crippen LogP contribution in [0.15, 0.2) is 12.2 Å². The van der Waals surface area contributed by atoms with E-state index in [1.807, 2.05) is 0 Å². The molecule has 6 heteroatoms. The first-order chi connectivity index (χ1) is 12.1. The maximum atomic E-state index is 10.4. The molecule has 0 spiro atoms. The fourth-order valence-electron chi connectivity index (χ4n) is 2.82. The number of hydrogen-bond acceptors (Lipinski definition) is 4. The van der Waals surface area contributed by atoms with E-state index in [-0.39, 0.29) is 41.9 Å². The van der Waals surface area contributed by atoms with Gasteiger partial charge >= 0.3 is 29.6 Å². The first-order valence-corrected chi connectivity index (χ1v) is 11.9. The Kier molecular flexibility index (Phi) is 24.3. The summed E-state index contributed by atoms with van der Waals surface area (Å²) in [6, 6.07) is 0. The van der Waals surface area contributed by atoms with E-state index in [2.05, 4.69) is 24.4 Å². The molecule has 0 unspecified atom stereocenters. The molecule has 0 saturated carbocycles. The van der Waals surface area contributed by atoms with Crippen molar-refractivity contribution in [2.45, 2.75) is 96.8 Å². The van der Waals surface area contributed by atoms with Crippen LogP contribution in [0, 0.1) is 0 Å². The van der Waals surface area contributed by atoms with Crippen molar-refractivity contribution < 1.29 is 42.5 Å². The molecule has 0 aromatic carbocycles. The minimum Gasteiger partial charge on any atom is -0.748 e. The Bertz CT molecular complexity index is 400. The van der Waals surface area contributed by atoms with Gasteiger partial charge in [0, 0.05) is 6.54 Å². The maximum Gasteiger partial charge on any atom is 1.00 e. The smallest absolute Gasteiger partial charge is 0.748 e. The molecule has 26 heavy (non-hydrogen) atoms. The molecule has 0 aliphatic carbocycles. The van der Waals surface area contributed by atoms with Crippen molar-refractivity contribution in [3.05, 3.63) is 12.2 Å². The topological polar surface area (TPSA) is 69.2 Å². The SMILES string of the molecule is CCCCCCCCC=CCCCCCCCCNCCS(=O)(=O)[O-].[Na+]. The molecular weight excluding hydrogens is 357 g/mol. The zero-order chi connectivity index (χ0) is 18.6. The van der Waals surface area contributed by atoms with Gasteiger partial charge in [0.05, 0.1) is 15.9 Å². The molecular formula is C20H40NNaO3S. The van der Waals surface area contributed by atoms with Gasteiger partial charge in [0.1, 0.15) is 0 Å². The predicted molar refractivity (Wildman–Crippen MR) is 107 cm³/mol. The van der Waals surface area contributed by atoms with Crippen molar-refractivity contribution in [2.24, 2.45) is 0 Å². The van der Waals surface area contributed by atoms with Gasteiger partial charge in [0.2, 0.25) is 0 Å². The second kappa shape index (κ2) is 21.9. The molecule has 0 aliphatic rings. The average molecular weight is 398 g/mol. The van der Waals surface area contributed by atoms with Gasteiger partial charge in [-0.15, -0.1) is 0 Å². The summed E-state index contributed by atoms with van der Waals surface area (Å²) in [6.07, 6.45) is 22.7. The first-order valence-electron chi connectivity index (χ1n) is 10.4. The van der Waals surface area contributed by atoms with E-state index in [0.717, 1.165) is 13.0 Å². The Morgan fingerprint density at radius 1 is 0.731 bits per heavy atom. The van der Waals surface area contributed by atoms with Crippen molar-refractivity contribution >= 4 is 10.1 Å². The molecule has 0 radical (unpaired) electrons. The monoisotopic (exact) mass is 397 g/mol. The van der Waals surface area contributed by atoms with Crippen molar-refractivity contribution in [1.82, 2.24) is 5.32 Å². The number of nitrogens with one attached hydrogen (secondary N) is 1. The molecule has 0 heterocycles. The molecule has 0 aromatic heterocycles. The molecule has 0 aromatic rings. The van der Waals surface area contributed by atoms with Crippen LogP contribution in [0.1, 0.15) is 96.8 Å². The predicted octanol–water partition coefficient (Wildman–Crippen LogP) is 2.16. The normalized spacial score (nSPS) is 11.8. The van der Waals surface area contributed by atoms with Crippen molar-refractivity contribution in [2.75, 3.05) is 18.8 Å². The molecule has 1 N–H and O–H groups in total. The van der Waals surface area contributed by atoms with Gasteiger partial charge in [0.15, 0.2) is 0 Å². The largest absolute Gasteiger partial charge is 1.00 e. The Balaban J connectivity index is 0.